The molecule has 0 fully saturated rings. The number of para-hydroxylation sites is 1. The van der Waals surface area contributed by atoms with E-state index >= 15 is 0 Å². The molecule has 0 saturated carbocycles. The van der Waals surface area contributed by atoms with E-state index in [1.807, 2.05) is 24.3 Å². The summed E-state index contributed by atoms with van der Waals surface area (Å²) in [5.74, 6) is 0. The molecule has 0 atom stereocenters. The number of halogens is 1. The minimum atomic E-state index is 0.623. The highest BCUT2D eigenvalue weighted by Crippen LogP contribution is 2.16. The summed E-state index contributed by atoms with van der Waals surface area (Å²) in [6.07, 6.45) is 0. The van der Waals surface area contributed by atoms with Gasteiger partial charge >= 0.3 is 0 Å². The molecule has 0 unspecified atom stereocenters. The van der Waals surface area contributed by atoms with Crippen molar-refractivity contribution >= 4 is 21.6 Å². The van der Waals surface area contributed by atoms with Crippen LogP contribution < -0.4 is 5.32 Å². The zero-order valence-corrected chi connectivity index (χ0v) is 9.80. The molecule has 0 aliphatic carbocycles. The fourth-order valence-corrected chi connectivity index (χ4v) is 1.31. The molecule has 14 heavy (non-hydrogen) atoms. The number of nitrogens with one attached hydrogen (secondary N) is 1. The minimum absolute atomic E-state index is 0.623. The van der Waals surface area contributed by atoms with E-state index in [0.717, 1.165) is 22.3 Å². The average molecular weight is 256 g/mol. The molecular weight excluding hydrogens is 242 g/mol. The van der Waals surface area contributed by atoms with Crippen LogP contribution in [0.2, 0.25) is 0 Å². The first-order valence-corrected chi connectivity index (χ1v) is 5.17. The van der Waals surface area contributed by atoms with Crippen LogP contribution in [0.3, 0.4) is 0 Å². The Labute approximate surface area is 93.1 Å². The number of rotatable bonds is 5. The first-order chi connectivity index (χ1) is 6.74. The van der Waals surface area contributed by atoms with E-state index in [1.54, 1.807) is 7.11 Å². The number of methoxy groups -OCH3 is 1. The Hall–Kier alpha value is -0.800. The first-order valence-electron chi connectivity index (χ1n) is 4.38. The predicted molar refractivity (Wildman–Crippen MR) is 63.7 cm³/mol. The molecule has 0 aliphatic heterocycles. The Kier molecular flexibility index (Phi) is 4.70. The lowest BCUT2D eigenvalue weighted by atomic mass is 10.2. The third-order valence-corrected chi connectivity index (χ3v) is 2.07. The van der Waals surface area contributed by atoms with Gasteiger partial charge in [0, 0.05) is 29.4 Å². The number of ether oxygens (including phenoxy) is 1. The van der Waals surface area contributed by atoms with Crippen LogP contribution >= 0.6 is 15.9 Å². The second-order valence-electron chi connectivity index (χ2n) is 2.96. The lowest BCUT2D eigenvalue weighted by molar-refractivity contribution is 0.185. The fraction of sp³-hybridized carbons (Fsp3) is 0.273. The predicted octanol–water partition coefficient (Wildman–Crippen LogP) is 3.15. The summed E-state index contributed by atoms with van der Waals surface area (Å²) >= 11 is 3.31. The van der Waals surface area contributed by atoms with Gasteiger partial charge in [0.2, 0.25) is 0 Å². The highest BCUT2D eigenvalue weighted by molar-refractivity contribution is 9.11. The molecule has 0 amide bonds. The molecule has 0 spiro atoms. The largest absolute Gasteiger partial charge is 0.380 e. The maximum atomic E-state index is 5.10. The number of hydrogen-bond acceptors (Lipinski definition) is 2. The first kappa shape index (κ1) is 11.3. The SMILES string of the molecule is C=C(Br)CNc1ccccc1COC. The van der Waals surface area contributed by atoms with Crippen LogP contribution in [-0.2, 0) is 11.3 Å². The van der Waals surface area contributed by atoms with Crippen molar-refractivity contribution in [1.82, 2.24) is 0 Å². The van der Waals surface area contributed by atoms with E-state index in [1.165, 1.54) is 0 Å². The summed E-state index contributed by atoms with van der Waals surface area (Å²) in [5, 5.41) is 3.27. The van der Waals surface area contributed by atoms with Gasteiger partial charge in [-0.15, -0.1) is 0 Å². The lowest BCUT2D eigenvalue weighted by Crippen LogP contribution is -2.03. The van der Waals surface area contributed by atoms with Crippen molar-refractivity contribution < 1.29 is 4.74 Å². The molecule has 1 N–H and O–H groups in total. The highest BCUT2D eigenvalue weighted by Gasteiger charge is 1.99. The summed E-state index contributed by atoms with van der Waals surface area (Å²) in [7, 11) is 1.69. The van der Waals surface area contributed by atoms with Crippen molar-refractivity contribution in [3.05, 3.63) is 40.9 Å². The van der Waals surface area contributed by atoms with Crippen LogP contribution in [-0.4, -0.2) is 13.7 Å². The summed E-state index contributed by atoms with van der Waals surface area (Å²) in [6, 6.07) is 8.08. The van der Waals surface area contributed by atoms with Crippen LogP contribution in [0.5, 0.6) is 0 Å². The minimum Gasteiger partial charge on any atom is -0.380 e. The average Bonchev–Trinajstić information content (AvgIpc) is 2.17. The standard InChI is InChI=1S/C11H14BrNO/c1-9(12)7-13-11-6-4-3-5-10(11)8-14-2/h3-6,13H,1,7-8H2,2H3. The maximum Gasteiger partial charge on any atom is 0.0733 e. The zero-order valence-electron chi connectivity index (χ0n) is 8.22. The van der Waals surface area contributed by atoms with Gasteiger partial charge in [-0.05, 0) is 6.07 Å². The van der Waals surface area contributed by atoms with Crippen molar-refractivity contribution in [2.45, 2.75) is 6.61 Å². The third-order valence-electron chi connectivity index (χ3n) is 1.79. The number of anilines is 1. The molecule has 0 bridgehead atoms. The summed E-state index contributed by atoms with van der Waals surface area (Å²) in [6.45, 7) is 5.11. The van der Waals surface area contributed by atoms with Crippen LogP contribution in [0.1, 0.15) is 5.56 Å². The van der Waals surface area contributed by atoms with Gasteiger partial charge in [-0.25, -0.2) is 0 Å². The maximum absolute atomic E-state index is 5.10. The Balaban J connectivity index is 2.68. The van der Waals surface area contributed by atoms with Crippen molar-refractivity contribution in [3.8, 4) is 0 Å². The Morgan fingerprint density at radius 1 is 1.50 bits per heavy atom. The molecule has 0 heterocycles. The van der Waals surface area contributed by atoms with E-state index in [9.17, 15) is 0 Å². The summed E-state index contributed by atoms with van der Waals surface area (Å²) in [5.41, 5.74) is 2.25. The van der Waals surface area contributed by atoms with E-state index in [4.69, 9.17) is 4.74 Å². The Bertz CT molecular complexity index is 312. The molecule has 1 aromatic carbocycles. The van der Waals surface area contributed by atoms with E-state index in [-0.39, 0.29) is 0 Å². The van der Waals surface area contributed by atoms with Crippen LogP contribution in [0.25, 0.3) is 0 Å². The van der Waals surface area contributed by atoms with E-state index < -0.39 is 0 Å². The lowest BCUT2D eigenvalue weighted by Gasteiger charge is -2.10. The summed E-state index contributed by atoms with van der Waals surface area (Å²) < 4.78 is 6.04. The van der Waals surface area contributed by atoms with Gasteiger partial charge in [0.1, 0.15) is 0 Å². The smallest absolute Gasteiger partial charge is 0.0733 e. The topological polar surface area (TPSA) is 21.3 Å². The second-order valence-corrected chi connectivity index (χ2v) is 4.08. The Morgan fingerprint density at radius 3 is 2.86 bits per heavy atom. The molecule has 0 aromatic heterocycles. The fourth-order valence-electron chi connectivity index (χ4n) is 1.17. The van der Waals surface area contributed by atoms with Gasteiger partial charge in [-0.1, -0.05) is 40.7 Å². The Morgan fingerprint density at radius 2 is 2.21 bits per heavy atom. The normalized spacial score (nSPS) is 9.86. The van der Waals surface area contributed by atoms with Gasteiger partial charge in [-0.3, -0.25) is 0 Å². The summed E-state index contributed by atoms with van der Waals surface area (Å²) in [4.78, 5) is 0. The van der Waals surface area contributed by atoms with Gasteiger partial charge in [0.25, 0.3) is 0 Å². The zero-order chi connectivity index (χ0) is 10.4. The number of benzene rings is 1. The van der Waals surface area contributed by atoms with Crippen LogP contribution in [0.15, 0.2) is 35.3 Å². The third kappa shape index (κ3) is 3.52. The van der Waals surface area contributed by atoms with E-state index in [0.29, 0.717) is 6.61 Å². The molecular formula is C11H14BrNO. The van der Waals surface area contributed by atoms with Gasteiger partial charge in [0.15, 0.2) is 0 Å². The molecule has 0 aliphatic rings. The molecule has 0 saturated heterocycles. The molecule has 2 nitrogen and oxygen atoms in total. The van der Waals surface area contributed by atoms with E-state index in [2.05, 4.69) is 27.8 Å². The van der Waals surface area contributed by atoms with Crippen LogP contribution in [0, 0.1) is 0 Å². The number of hydrogen-bond donors (Lipinski definition) is 1. The molecule has 0 radical (unpaired) electrons. The monoisotopic (exact) mass is 255 g/mol. The second kappa shape index (κ2) is 5.83. The van der Waals surface area contributed by atoms with Crippen molar-refractivity contribution in [3.63, 3.8) is 0 Å². The van der Waals surface area contributed by atoms with Crippen LogP contribution in [0.4, 0.5) is 5.69 Å². The van der Waals surface area contributed by atoms with Crippen molar-refractivity contribution in [2.75, 3.05) is 19.0 Å². The molecule has 3 heteroatoms. The van der Waals surface area contributed by atoms with Gasteiger partial charge in [0.05, 0.1) is 6.61 Å². The highest BCUT2D eigenvalue weighted by atomic mass is 79.9. The van der Waals surface area contributed by atoms with Crippen molar-refractivity contribution in [1.29, 1.82) is 0 Å². The molecule has 1 aromatic rings. The quantitative estimate of drug-likeness (QED) is 0.873. The van der Waals surface area contributed by atoms with Crippen molar-refractivity contribution in [2.24, 2.45) is 0 Å². The molecule has 1 rings (SSSR count). The van der Waals surface area contributed by atoms with Gasteiger partial charge in [-0.2, -0.15) is 0 Å². The van der Waals surface area contributed by atoms with Gasteiger partial charge < -0.3 is 10.1 Å². The molecule has 76 valence electrons.